The molecule has 33 heavy (non-hydrogen) atoms. The smallest absolute Gasteiger partial charge is 0.227 e. The van der Waals surface area contributed by atoms with Gasteiger partial charge < -0.3 is 24.2 Å². The van der Waals surface area contributed by atoms with Crippen molar-refractivity contribution in [3.8, 4) is 11.5 Å². The highest BCUT2D eigenvalue weighted by atomic mass is 16.5. The second kappa shape index (κ2) is 11.9. The summed E-state index contributed by atoms with van der Waals surface area (Å²) in [6.45, 7) is 3.62. The third-order valence-corrected chi connectivity index (χ3v) is 6.48. The average molecular weight is 454 g/mol. The Morgan fingerprint density at radius 1 is 0.909 bits per heavy atom. The van der Waals surface area contributed by atoms with Gasteiger partial charge >= 0.3 is 0 Å². The lowest BCUT2D eigenvalue weighted by atomic mass is 10.0. The first-order valence-electron chi connectivity index (χ1n) is 11.9. The zero-order valence-corrected chi connectivity index (χ0v) is 20.9. The number of methoxy groups -OCH3 is 2. The molecule has 0 spiro atoms. The van der Waals surface area contributed by atoms with Crippen LogP contribution < -0.4 is 14.4 Å². The van der Waals surface area contributed by atoms with Crippen molar-refractivity contribution in [3.05, 3.63) is 53.1 Å². The molecule has 2 aromatic carbocycles. The van der Waals surface area contributed by atoms with Gasteiger partial charge in [-0.3, -0.25) is 4.79 Å². The summed E-state index contributed by atoms with van der Waals surface area (Å²) in [4.78, 5) is 19.4. The van der Waals surface area contributed by atoms with Crippen LogP contribution in [0.4, 0.5) is 5.69 Å². The van der Waals surface area contributed by atoms with Crippen LogP contribution in [0.1, 0.15) is 29.5 Å². The first-order chi connectivity index (χ1) is 15.9. The molecule has 1 heterocycles. The number of benzene rings is 2. The summed E-state index contributed by atoms with van der Waals surface area (Å²) in [6.07, 6.45) is 4.50. The van der Waals surface area contributed by atoms with Crippen LogP contribution in [-0.2, 0) is 24.1 Å². The molecule has 180 valence electrons. The molecule has 6 nitrogen and oxygen atoms in total. The number of ether oxygens (including phenoxy) is 2. The van der Waals surface area contributed by atoms with Crippen LogP contribution in [0.5, 0.6) is 11.5 Å². The summed E-state index contributed by atoms with van der Waals surface area (Å²) in [5, 5.41) is 0. The van der Waals surface area contributed by atoms with Crippen molar-refractivity contribution in [1.82, 2.24) is 9.80 Å². The van der Waals surface area contributed by atoms with Crippen LogP contribution >= 0.6 is 0 Å². The number of aryl methyl sites for hydroxylation is 1. The third-order valence-electron chi connectivity index (χ3n) is 6.48. The highest BCUT2D eigenvalue weighted by Crippen LogP contribution is 2.32. The van der Waals surface area contributed by atoms with E-state index >= 15 is 0 Å². The Bertz CT molecular complexity index is 912. The van der Waals surface area contributed by atoms with Gasteiger partial charge in [0.2, 0.25) is 5.91 Å². The first kappa shape index (κ1) is 24.9. The summed E-state index contributed by atoms with van der Waals surface area (Å²) in [7, 11) is 9.59. The van der Waals surface area contributed by atoms with Crippen LogP contribution in [0.2, 0.25) is 0 Å². The second-order valence-electron chi connectivity index (χ2n) is 9.10. The van der Waals surface area contributed by atoms with Gasteiger partial charge in [-0.2, -0.15) is 0 Å². The maximum absolute atomic E-state index is 12.8. The molecule has 3 rings (SSSR count). The lowest BCUT2D eigenvalue weighted by molar-refractivity contribution is -0.130. The van der Waals surface area contributed by atoms with Crippen molar-refractivity contribution >= 4 is 11.6 Å². The summed E-state index contributed by atoms with van der Waals surface area (Å²) in [5.41, 5.74) is 4.85. The van der Waals surface area contributed by atoms with Gasteiger partial charge in [0.15, 0.2) is 11.5 Å². The number of hydrogen-bond donors (Lipinski definition) is 0. The standard InChI is InChI=1S/C27H39N3O3/c1-28(2)24-11-9-21(10-12-24)8-6-14-29(3)15-7-16-30-17-13-22-18-25(32-4)26(33-5)19-23(22)20-27(30)31/h9-12,18-19H,6-8,13-17,20H2,1-5H3. The molecule has 1 aliphatic heterocycles. The molecule has 2 aromatic rings. The van der Waals surface area contributed by atoms with E-state index in [1.54, 1.807) is 14.2 Å². The van der Waals surface area contributed by atoms with E-state index < -0.39 is 0 Å². The van der Waals surface area contributed by atoms with Gasteiger partial charge in [-0.15, -0.1) is 0 Å². The normalized spacial score (nSPS) is 13.6. The van der Waals surface area contributed by atoms with Gasteiger partial charge in [-0.1, -0.05) is 12.1 Å². The Balaban J connectivity index is 1.41. The van der Waals surface area contributed by atoms with E-state index in [-0.39, 0.29) is 5.91 Å². The number of carbonyl (C=O) groups excluding carboxylic acids is 1. The van der Waals surface area contributed by atoms with Crippen molar-refractivity contribution in [2.45, 2.75) is 32.1 Å². The molecule has 0 bridgehead atoms. The number of nitrogens with zero attached hydrogens (tertiary/aromatic N) is 3. The molecule has 0 aliphatic carbocycles. The predicted octanol–water partition coefficient (Wildman–Crippen LogP) is 3.65. The zero-order chi connectivity index (χ0) is 23.8. The topological polar surface area (TPSA) is 45.3 Å². The molecule has 0 unspecified atom stereocenters. The van der Waals surface area contributed by atoms with E-state index in [0.717, 1.165) is 63.2 Å². The third kappa shape index (κ3) is 6.87. The SMILES string of the molecule is COc1cc2c(cc1OC)CC(=O)N(CCCN(C)CCCc1ccc(N(C)C)cc1)CC2. The fourth-order valence-corrected chi connectivity index (χ4v) is 4.41. The predicted molar refractivity (Wildman–Crippen MR) is 135 cm³/mol. The van der Waals surface area contributed by atoms with Crippen LogP contribution in [0.3, 0.4) is 0 Å². The first-order valence-corrected chi connectivity index (χ1v) is 11.9. The number of amides is 1. The monoisotopic (exact) mass is 453 g/mol. The zero-order valence-electron chi connectivity index (χ0n) is 20.9. The Morgan fingerprint density at radius 2 is 1.55 bits per heavy atom. The lowest BCUT2D eigenvalue weighted by Crippen LogP contribution is -2.35. The molecule has 0 aromatic heterocycles. The number of carbonyl (C=O) groups is 1. The molecule has 1 amide bonds. The molecule has 0 radical (unpaired) electrons. The fourth-order valence-electron chi connectivity index (χ4n) is 4.41. The minimum absolute atomic E-state index is 0.199. The van der Waals surface area contributed by atoms with E-state index in [1.807, 2.05) is 17.0 Å². The summed E-state index contributed by atoms with van der Waals surface area (Å²) in [5.74, 6) is 1.62. The summed E-state index contributed by atoms with van der Waals surface area (Å²) in [6, 6.07) is 12.8. The van der Waals surface area contributed by atoms with Crippen LogP contribution in [0.15, 0.2) is 36.4 Å². The Morgan fingerprint density at radius 3 is 2.18 bits per heavy atom. The highest BCUT2D eigenvalue weighted by Gasteiger charge is 2.22. The maximum Gasteiger partial charge on any atom is 0.227 e. The molecule has 0 saturated heterocycles. The highest BCUT2D eigenvalue weighted by molar-refractivity contribution is 5.80. The van der Waals surface area contributed by atoms with Gasteiger partial charge in [-0.25, -0.2) is 0 Å². The van der Waals surface area contributed by atoms with Gasteiger partial charge in [0.1, 0.15) is 0 Å². The Hall–Kier alpha value is -2.73. The number of fused-ring (bicyclic) bond motifs is 1. The van der Waals surface area contributed by atoms with Gasteiger partial charge in [0, 0.05) is 32.9 Å². The van der Waals surface area contributed by atoms with E-state index in [0.29, 0.717) is 12.2 Å². The molecule has 0 fully saturated rings. The van der Waals surface area contributed by atoms with E-state index in [9.17, 15) is 4.79 Å². The van der Waals surface area contributed by atoms with Crippen molar-refractivity contribution in [2.24, 2.45) is 0 Å². The number of anilines is 1. The molecule has 6 heteroatoms. The summed E-state index contributed by atoms with van der Waals surface area (Å²) < 4.78 is 10.8. The molecule has 0 atom stereocenters. The van der Waals surface area contributed by atoms with Crippen molar-refractivity contribution < 1.29 is 14.3 Å². The van der Waals surface area contributed by atoms with Gasteiger partial charge in [0.25, 0.3) is 0 Å². The Kier molecular flexibility index (Phi) is 9.01. The van der Waals surface area contributed by atoms with Crippen LogP contribution in [0.25, 0.3) is 0 Å². The maximum atomic E-state index is 12.8. The van der Waals surface area contributed by atoms with Gasteiger partial charge in [0.05, 0.1) is 20.6 Å². The van der Waals surface area contributed by atoms with Crippen molar-refractivity contribution in [1.29, 1.82) is 0 Å². The largest absolute Gasteiger partial charge is 0.493 e. The second-order valence-corrected chi connectivity index (χ2v) is 9.10. The van der Waals surface area contributed by atoms with Crippen LogP contribution in [-0.4, -0.2) is 77.2 Å². The molecule has 1 aliphatic rings. The molecular formula is C27H39N3O3. The molecule has 0 N–H and O–H groups in total. The quantitative estimate of drug-likeness (QED) is 0.520. The van der Waals surface area contributed by atoms with Gasteiger partial charge in [-0.05, 0) is 86.8 Å². The lowest BCUT2D eigenvalue weighted by Gasteiger charge is -2.23. The average Bonchev–Trinajstić information content (AvgIpc) is 2.96. The van der Waals surface area contributed by atoms with Crippen molar-refractivity contribution in [2.75, 3.05) is 66.4 Å². The number of hydrogen-bond acceptors (Lipinski definition) is 5. The Labute approximate surface area is 199 Å². The van der Waals surface area contributed by atoms with E-state index in [2.05, 4.69) is 55.2 Å². The minimum atomic E-state index is 0.199. The fraction of sp³-hybridized carbons (Fsp3) is 0.519. The van der Waals surface area contributed by atoms with Crippen LogP contribution in [0, 0.1) is 0 Å². The van der Waals surface area contributed by atoms with E-state index in [4.69, 9.17) is 9.47 Å². The molecular weight excluding hydrogens is 414 g/mol. The van der Waals surface area contributed by atoms with Crippen molar-refractivity contribution in [3.63, 3.8) is 0 Å². The number of rotatable bonds is 11. The van der Waals surface area contributed by atoms with E-state index in [1.165, 1.54) is 16.8 Å². The summed E-state index contributed by atoms with van der Waals surface area (Å²) >= 11 is 0. The minimum Gasteiger partial charge on any atom is -0.493 e. The molecule has 0 saturated carbocycles.